The van der Waals surface area contributed by atoms with Crippen molar-refractivity contribution < 1.29 is 17.6 Å². The van der Waals surface area contributed by atoms with E-state index < -0.39 is 28.3 Å². The second-order valence-corrected chi connectivity index (χ2v) is 7.73. The van der Waals surface area contributed by atoms with E-state index in [4.69, 9.17) is 11.6 Å². The van der Waals surface area contributed by atoms with Gasteiger partial charge in [-0.05, 0) is 37.3 Å². The third kappa shape index (κ3) is 4.31. The molecular weight excluding hydrogens is 355 g/mol. The maximum absolute atomic E-state index is 13.7. The molecule has 0 heterocycles. The molecular formula is C16H16ClFN2O3S. The fourth-order valence-corrected chi connectivity index (χ4v) is 3.24. The maximum atomic E-state index is 13.7. The van der Waals surface area contributed by atoms with Crippen LogP contribution < -0.4 is 5.32 Å². The first-order valence-electron chi connectivity index (χ1n) is 6.98. The van der Waals surface area contributed by atoms with Crippen molar-refractivity contribution in [3.63, 3.8) is 0 Å². The third-order valence-electron chi connectivity index (χ3n) is 3.30. The zero-order valence-electron chi connectivity index (χ0n) is 13.1. The summed E-state index contributed by atoms with van der Waals surface area (Å²) < 4.78 is 39.4. The van der Waals surface area contributed by atoms with Crippen molar-refractivity contribution >= 4 is 33.2 Å². The van der Waals surface area contributed by atoms with Gasteiger partial charge in [-0.25, -0.2) is 12.8 Å². The number of halogens is 2. The quantitative estimate of drug-likeness (QED) is 0.879. The molecule has 0 aliphatic carbocycles. The van der Waals surface area contributed by atoms with Crippen molar-refractivity contribution in [2.24, 2.45) is 0 Å². The summed E-state index contributed by atoms with van der Waals surface area (Å²) in [5.74, 6) is -1.35. The largest absolute Gasteiger partial charge is 0.322 e. The van der Waals surface area contributed by atoms with Gasteiger partial charge in [-0.3, -0.25) is 4.79 Å². The van der Waals surface area contributed by atoms with E-state index in [1.54, 1.807) is 12.1 Å². The van der Waals surface area contributed by atoms with E-state index in [2.05, 4.69) is 5.32 Å². The predicted octanol–water partition coefficient (Wildman–Crippen LogP) is 3.05. The van der Waals surface area contributed by atoms with Crippen LogP contribution in [0, 0.1) is 12.7 Å². The Morgan fingerprint density at radius 2 is 1.83 bits per heavy atom. The average molecular weight is 371 g/mol. The number of nitrogens with zero attached hydrogens (tertiary/aromatic N) is 1. The van der Waals surface area contributed by atoms with Gasteiger partial charge >= 0.3 is 0 Å². The lowest BCUT2D eigenvalue weighted by molar-refractivity contribution is -0.116. The van der Waals surface area contributed by atoms with Crippen LogP contribution in [0.3, 0.4) is 0 Å². The van der Waals surface area contributed by atoms with Gasteiger partial charge in [0.2, 0.25) is 15.9 Å². The topological polar surface area (TPSA) is 66.5 Å². The smallest absolute Gasteiger partial charge is 0.243 e. The third-order valence-corrected chi connectivity index (χ3v) is 5.35. The van der Waals surface area contributed by atoms with Crippen LogP contribution in [0.5, 0.6) is 0 Å². The highest BCUT2D eigenvalue weighted by atomic mass is 35.5. The molecule has 0 unspecified atom stereocenters. The van der Waals surface area contributed by atoms with Crippen LogP contribution in [0.15, 0.2) is 47.4 Å². The first kappa shape index (κ1) is 18.4. The number of likely N-dealkylation sites (N-methyl/N-ethyl adjacent to an activating group) is 1. The zero-order chi connectivity index (χ0) is 17.9. The normalized spacial score (nSPS) is 11.5. The summed E-state index contributed by atoms with van der Waals surface area (Å²) in [4.78, 5) is 12.1. The van der Waals surface area contributed by atoms with E-state index in [0.29, 0.717) is 0 Å². The zero-order valence-corrected chi connectivity index (χ0v) is 14.7. The number of hydrogen-bond acceptors (Lipinski definition) is 3. The fourth-order valence-electron chi connectivity index (χ4n) is 1.96. The summed E-state index contributed by atoms with van der Waals surface area (Å²) in [7, 11) is -2.52. The Kier molecular flexibility index (Phi) is 5.58. The minimum atomic E-state index is -3.80. The molecule has 128 valence electrons. The van der Waals surface area contributed by atoms with Crippen LogP contribution in [-0.2, 0) is 14.8 Å². The Bertz CT molecular complexity index is 854. The van der Waals surface area contributed by atoms with Gasteiger partial charge in [-0.1, -0.05) is 29.3 Å². The van der Waals surface area contributed by atoms with Crippen molar-refractivity contribution in [2.45, 2.75) is 11.8 Å². The lowest BCUT2D eigenvalue weighted by Gasteiger charge is -2.17. The molecule has 0 radical (unpaired) electrons. The van der Waals surface area contributed by atoms with Gasteiger partial charge in [0.05, 0.1) is 17.1 Å². The number of carbonyl (C=O) groups excluding carboxylic acids is 1. The average Bonchev–Trinajstić information content (AvgIpc) is 2.50. The Hall–Kier alpha value is -1.96. The highest BCUT2D eigenvalue weighted by Gasteiger charge is 2.23. The number of aryl methyl sites for hydroxylation is 1. The SMILES string of the molecule is Cc1ccc(S(=O)(=O)N(C)CC(=O)Nc2ccc(Cl)cc2F)cc1. The molecule has 0 aliphatic rings. The van der Waals surface area contributed by atoms with Crippen LogP contribution in [0.2, 0.25) is 5.02 Å². The molecule has 0 saturated heterocycles. The van der Waals surface area contributed by atoms with Crippen LogP contribution in [0.1, 0.15) is 5.56 Å². The number of carbonyl (C=O) groups is 1. The van der Waals surface area contributed by atoms with Crippen LogP contribution in [0.4, 0.5) is 10.1 Å². The minimum Gasteiger partial charge on any atom is -0.322 e. The van der Waals surface area contributed by atoms with Gasteiger partial charge in [0.1, 0.15) is 5.82 Å². The first-order chi connectivity index (χ1) is 11.2. The van der Waals surface area contributed by atoms with E-state index in [1.165, 1.54) is 31.3 Å². The summed E-state index contributed by atoms with van der Waals surface area (Å²) in [5, 5.41) is 2.52. The van der Waals surface area contributed by atoms with Gasteiger partial charge in [-0.15, -0.1) is 0 Å². The Balaban J connectivity index is 2.09. The molecule has 8 heteroatoms. The highest BCUT2D eigenvalue weighted by Crippen LogP contribution is 2.19. The number of hydrogen-bond donors (Lipinski definition) is 1. The van der Waals surface area contributed by atoms with Crippen LogP contribution >= 0.6 is 11.6 Å². The van der Waals surface area contributed by atoms with Crippen LogP contribution in [0.25, 0.3) is 0 Å². The van der Waals surface area contributed by atoms with Crippen molar-refractivity contribution in [2.75, 3.05) is 18.9 Å². The van der Waals surface area contributed by atoms with Gasteiger partial charge in [0, 0.05) is 12.1 Å². The molecule has 5 nitrogen and oxygen atoms in total. The second-order valence-electron chi connectivity index (χ2n) is 5.25. The number of sulfonamides is 1. The summed E-state index contributed by atoms with van der Waals surface area (Å²) in [6.45, 7) is 1.40. The monoisotopic (exact) mass is 370 g/mol. The molecule has 24 heavy (non-hydrogen) atoms. The van der Waals surface area contributed by atoms with Crippen molar-refractivity contribution in [1.29, 1.82) is 0 Å². The second kappa shape index (κ2) is 7.29. The molecule has 0 spiro atoms. The predicted molar refractivity (Wildman–Crippen MR) is 91.0 cm³/mol. The summed E-state index contributed by atoms with van der Waals surface area (Å²) in [5.41, 5.74) is 0.859. The minimum absolute atomic E-state index is 0.0643. The Morgan fingerprint density at radius 3 is 2.42 bits per heavy atom. The van der Waals surface area contributed by atoms with Gasteiger partial charge in [-0.2, -0.15) is 4.31 Å². The maximum Gasteiger partial charge on any atom is 0.243 e. The summed E-state index contributed by atoms with van der Waals surface area (Å²) in [6.07, 6.45) is 0. The van der Waals surface area contributed by atoms with Gasteiger partial charge < -0.3 is 5.32 Å². The standard InChI is InChI=1S/C16H16ClFN2O3S/c1-11-3-6-13(7-4-11)24(22,23)20(2)10-16(21)19-15-8-5-12(17)9-14(15)18/h3-9H,10H2,1-2H3,(H,19,21). The van der Waals surface area contributed by atoms with Crippen molar-refractivity contribution in [3.8, 4) is 0 Å². The lowest BCUT2D eigenvalue weighted by atomic mass is 10.2. The highest BCUT2D eigenvalue weighted by molar-refractivity contribution is 7.89. The van der Waals surface area contributed by atoms with Crippen molar-refractivity contribution in [3.05, 3.63) is 58.9 Å². The number of amides is 1. The fraction of sp³-hybridized carbons (Fsp3) is 0.188. The number of benzene rings is 2. The van der Waals surface area contributed by atoms with E-state index in [9.17, 15) is 17.6 Å². The first-order valence-corrected chi connectivity index (χ1v) is 8.80. The summed E-state index contributed by atoms with van der Waals surface area (Å²) >= 11 is 5.64. The molecule has 0 aliphatic heterocycles. The van der Waals surface area contributed by atoms with E-state index in [0.717, 1.165) is 15.9 Å². The molecule has 2 aromatic carbocycles. The van der Waals surface area contributed by atoms with Crippen LogP contribution in [-0.4, -0.2) is 32.2 Å². The molecule has 1 amide bonds. The molecule has 2 aromatic rings. The summed E-state index contributed by atoms with van der Waals surface area (Å²) in [6, 6.07) is 10.1. The molecule has 0 saturated carbocycles. The van der Waals surface area contributed by atoms with Gasteiger partial charge in [0.25, 0.3) is 0 Å². The number of nitrogens with one attached hydrogen (secondary N) is 1. The van der Waals surface area contributed by atoms with E-state index in [-0.39, 0.29) is 15.6 Å². The number of anilines is 1. The number of rotatable bonds is 5. The Labute approximate surface area is 145 Å². The molecule has 1 N–H and O–H groups in total. The van der Waals surface area contributed by atoms with E-state index >= 15 is 0 Å². The molecule has 0 bridgehead atoms. The lowest BCUT2D eigenvalue weighted by Crippen LogP contribution is -2.35. The Morgan fingerprint density at radius 1 is 1.21 bits per heavy atom. The van der Waals surface area contributed by atoms with E-state index in [1.807, 2.05) is 6.92 Å². The molecule has 0 atom stereocenters. The van der Waals surface area contributed by atoms with Gasteiger partial charge in [0.15, 0.2) is 0 Å². The molecule has 0 aromatic heterocycles. The molecule has 2 rings (SSSR count). The molecule has 0 fully saturated rings. The van der Waals surface area contributed by atoms with Crippen molar-refractivity contribution in [1.82, 2.24) is 4.31 Å².